The summed E-state index contributed by atoms with van der Waals surface area (Å²) in [6.45, 7) is 6.02. The zero-order valence-electron chi connectivity index (χ0n) is 16.6. The molecule has 2 nitrogen and oxygen atoms in total. The molecule has 28 heavy (non-hydrogen) atoms. The molecule has 0 amide bonds. The Bertz CT molecular complexity index is 819. The van der Waals surface area contributed by atoms with Gasteiger partial charge in [-0.05, 0) is 53.4 Å². The largest absolute Gasteiger partial charge is 0.340 e. The van der Waals surface area contributed by atoms with Crippen molar-refractivity contribution < 1.29 is 0 Å². The lowest BCUT2D eigenvalue weighted by Crippen LogP contribution is -2.33. The van der Waals surface area contributed by atoms with Gasteiger partial charge in [-0.2, -0.15) is 0 Å². The van der Waals surface area contributed by atoms with Crippen LogP contribution in [0.3, 0.4) is 0 Å². The molecule has 1 atom stereocenters. The van der Waals surface area contributed by atoms with Crippen LogP contribution >= 0.6 is 12.2 Å². The van der Waals surface area contributed by atoms with Gasteiger partial charge in [0.1, 0.15) is 0 Å². The molecule has 0 radical (unpaired) electrons. The van der Waals surface area contributed by atoms with Crippen molar-refractivity contribution >= 4 is 23.0 Å². The lowest BCUT2D eigenvalue weighted by molar-refractivity contribution is 0.413. The molecule has 3 heteroatoms. The molecule has 0 spiro atoms. The number of hydrogen-bond acceptors (Lipinski definition) is 1. The second-order valence-electron chi connectivity index (χ2n) is 7.19. The highest BCUT2D eigenvalue weighted by molar-refractivity contribution is 7.80. The number of benzene rings is 3. The van der Waals surface area contributed by atoms with Gasteiger partial charge in [0, 0.05) is 18.8 Å². The Morgan fingerprint density at radius 2 is 1.32 bits per heavy atom. The van der Waals surface area contributed by atoms with Crippen molar-refractivity contribution in [2.45, 2.75) is 39.3 Å². The van der Waals surface area contributed by atoms with Gasteiger partial charge in [-0.15, -0.1) is 0 Å². The molecular formula is C25H28N2S. The van der Waals surface area contributed by atoms with E-state index in [1.54, 1.807) is 0 Å². The van der Waals surface area contributed by atoms with E-state index in [1.807, 2.05) is 12.1 Å². The fourth-order valence-corrected chi connectivity index (χ4v) is 3.39. The van der Waals surface area contributed by atoms with Gasteiger partial charge in [0.05, 0.1) is 0 Å². The molecule has 0 fully saturated rings. The Morgan fingerprint density at radius 1 is 0.821 bits per heavy atom. The third kappa shape index (κ3) is 5.67. The molecule has 0 saturated heterocycles. The second kappa shape index (κ2) is 10.0. The second-order valence-corrected chi connectivity index (χ2v) is 7.58. The van der Waals surface area contributed by atoms with E-state index in [4.69, 9.17) is 12.2 Å². The third-order valence-electron chi connectivity index (χ3n) is 5.06. The average Bonchev–Trinajstić information content (AvgIpc) is 2.74. The Labute approximate surface area is 174 Å². The van der Waals surface area contributed by atoms with E-state index in [-0.39, 0.29) is 0 Å². The maximum atomic E-state index is 5.78. The van der Waals surface area contributed by atoms with Crippen molar-refractivity contribution in [3.05, 3.63) is 102 Å². The van der Waals surface area contributed by atoms with Crippen molar-refractivity contribution in [3.8, 4) is 0 Å². The monoisotopic (exact) mass is 388 g/mol. The van der Waals surface area contributed by atoms with Gasteiger partial charge < -0.3 is 10.2 Å². The summed E-state index contributed by atoms with van der Waals surface area (Å²) in [6, 6.07) is 29.6. The van der Waals surface area contributed by atoms with E-state index in [0.717, 1.165) is 30.3 Å². The minimum Gasteiger partial charge on any atom is -0.340 e. The van der Waals surface area contributed by atoms with Crippen molar-refractivity contribution in [2.75, 3.05) is 5.32 Å². The fourth-order valence-electron chi connectivity index (χ4n) is 3.14. The molecule has 0 aliphatic heterocycles. The van der Waals surface area contributed by atoms with E-state index < -0.39 is 0 Å². The summed E-state index contributed by atoms with van der Waals surface area (Å²) in [5.74, 6) is 0.577. The molecule has 1 unspecified atom stereocenters. The van der Waals surface area contributed by atoms with Gasteiger partial charge in [-0.1, -0.05) is 86.6 Å². The number of nitrogens with zero attached hydrogens (tertiary/aromatic N) is 1. The third-order valence-corrected chi connectivity index (χ3v) is 5.42. The summed E-state index contributed by atoms with van der Waals surface area (Å²) in [4.78, 5) is 2.21. The van der Waals surface area contributed by atoms with E-state index >= 15 is 0 Å². The van der Waals surface area contributed by atoms with Crippen molar-refractivity contribution in [1.82, 2.24) is 4.90 Å². The SMILES string of the molecule is CCC(C)c1ccc(NC(=S)N(Cc2ccccc2)Cc2ccccc2)cc1. The van der Waals surface area contributed by atoms with Gasteiger partial charge in [0.25, 0.3) is 0 Å². The van der Waals surface area contributed by atoms with Crippen molar-refractivity contribution in [2.24, 2.45) is 0 Å². The quantitative estimate of drug-likeness (QED) is 0.459. The zero-order chi connectivity index (χ0) is 19.8. The highest BCUT2D eigenvalue weighted by atomic mass is 32.1. The first-order valence-corrected chi connectivity index (χ1v) is 10.3. The van der Waals surface area contributed by atoms with Crippen LogP contribution in [0.5, 0.6) is 0 Å². The first-order chi connectivity index (χ1) is 13.7. The van der Waals surface area contributed by atoms with Gasteiger partial charge >= 0.3 is 0 Å². The molecule has 0 saturated carbocycles. The Morgan fingerprint density at radius 3 is 1.79 bits per heavy atom. The van der Waals surface area contributed by atoms with Crippen LogP contribution in [-0.4, -0.2) is 10.0 Å². The van der Waals surface area contributed by atoms with Crippen LogP contribution in [0.2, 0.25) is 0 Å². The fraction of sp³-hybridized carbons (Fsp3) is 0.240. The Kier molecular flexibility index (Phi) is 7.21. The number of hydrogen-bond donors (Lipinski definition) is 1. The molecule has 1 N–H and O–H groups in total. The maximum Gasteiger partial charge on any atom is 0.174 e. The molecule has 3 rings (SSSR count). The van der Waals surface area contributed by atoms with Crippen LogP contribution in [0.25, 0.3) is 0 Å². The zero-order valence-corrected chi connectivity index (χ0v) is 17.5. The number of thiocarbonyl (C=S) groups is 1. The van der Waals surface area contributed by atoms with E-state index in [2.05, 4.69) is 96.9 Å². The molecule has 0 bridgehead atoms. The summed E-state index contributed by atoms with van der Waals surface area (Å²) in [5, 5.41) is 4.16. The molecule has 0 aromatic heterocycles. The van der Waals surface area contributed by atoms with Gasteiger partial charge in [-0.3, -0.25) is 0 Å². The summed E-state index contributed by atoms with van der Waals surface area (Å²) in [7, 11) is 0. The van der Waals surface area contributed by atoms with Crippen LogP contribution in [0.15, 0.2) is 84.9 Å². The Hall–Kier alpha value is -2.65. The highest BCUT2D eigenvalue weighted by Gasteiger charge is 2.12. The summed E-state index contributed by atoms with van der Waals surface area (Å²) in [5.41, 5.74) is 4.89. The lowest BCUT2D eigenvalue weighted by Gasteiger charge is -2.26. The Balaban J connectivity index is 1.73. The van der Waals surface area contributed by atoms with Crippen LogP contribution < -0.4 is 5.32 Å². The van der Waals surface area contributed by atoms with E-state index in [9.17, 15) is 0 Å². The summed E-state index contributed by atoms with van der Waals surface area (Å²) in [6.07, 6.45) is 1.15. The first kappa shape index (κ1) is 20.1. The topological polar surface area (TPSA) is 15.3 Å². The minimum atomic E-state index is 0.577. The van der Waals surface area contributed by atoms with E-state index in [1.165, 1.54) is 16.7 Å². The molecule has 144 valence electrons. The molecule has 0 heterocycles. The van der Waals surface area contributed by atoms with Crippen molar-refractivity contribution in [3.63, 3.8) is 0 Å². The lowest BCUT2D eigenvalue weighted by atomic mass is 9.99. The number of anilines is 1. The number of nitrogens with one attached hydrogen (secondary N) is 1. The van der Waals surface area contributed by atoms with Crippen LogP contribution in [-0.2, 0) is 13.1 Å². The normalized spacial score (nSPS) is 11.6. The molecular weight excluding hydrogens is 360 g/mol. The predicted molar refractivity (Wildman–Crippen MR) is 123 cm³/mol. The predicted octanol–water partition coefficient (Wildman–Crippen LogP) is 6.60. The summed E-state index contributed by atoms with van der Waals surface area (Å²) < 4.78 is 0. The average molecular weight is 389 g/mol. The van der Waals surface area contributed by atoms with Gasteiger partial charge in [0.15, 0.2) is 5.11 Å². The van der Waals surface area contributed by atoms with Gasteiger partial charge in [-0.25, -0.2) is 0 Å². The maximum absolute atomic E-state index is 5.78. The molecule has 0 aliphatic carbocycles. The van der Waals surface area contributed by atoms with Crippen LogP contribution in [0.4, 0.5) is 5.69 Å². The number of rotatable bonds is 7. The molecule has 0 aliphatic rings. The smallest absolute Gasteiger partial charge is 0.174 e. The molecule has 3 aromatic rings. The van der Waals surface area contributed by atoms with Gasteiger partial charge in [0.2, 0.25) is 0 Å². The molecule has 3 aromatic carbocycles. The first-order valence-electron chi connectivity index (χ1n) is 9.89. The minimum absolute atomic E-state index is 0.577. The van der Waals surface area contributed by atoms with E-state index in [0.29, 0.717) is 5.92 Å². The standard InChI is InChI=1S/C25H28N2S/c1-3-20(2)23-14-16-24(17-15-23)26-25(28)27(18-21-10-6-4-7-11-21)19-22-12-8-5-9-13-22/h4-17,20H,3,18-19H2,1-2H3,(H,26,28). The highest BCUT2D eigenvalue weighted by Crippen LogP contribution is 2.21. The summed E-state index contributed by atoms with van der Waals surface area (Å²) >= 11 is 5.78. The van der Waals surface area contributed by atoms with Crippen LogP contribution in [0.1, 0.15) is 42.9 Å². The van der Waals surface area contributed by atoms with Crippen molar-refractivity contribution in [1.29, 1.82) is 0 Å². The van der Waals surface area contributed by atoms with Crippen LogP contribution in [0, 0.1) is 0 Å².